The highest BCUT2D eigenvalue weighted by Gasteiger charge is 2.24. The molecular weight excluding hydrogens is 232 g/mol. The summed E-state index contributed by atoms with van der Waals surface area (Å²) in [4.78, 5) is 0. The molecule has 1 fully saturated rings. The SMILES string of the molecule is S=C(S)N(C1COCCO1)n1cccc1. The Kier molecular flexibility index (Phi) is 3.63. The van der Waals surface area contributed by atoms with Crippen molar-refractivity contribution < 1.29 is 9.47 Å². The van der Waals surface area contributed by atoms with Crippen LogP contribution in [0, 0.1) is 0 Å². The van der Waals surface area contributed by atoms with Crippen molar-refractivity contribution in [3.05, 3.63) is 24.5 Å². The molecule has 4 nitrogen and oxygen atoms in total. The van der Waals surface area contributed by atoms with Gasteiger partial charge in [-0.3, -0.25) is 4.68 Å². The lowest BCUT2D eigenvalue weighted by molar-refractivity contribution is -0.0896. The van der Waals surface area contributed by atoms with Gasteiger partial charge in [-0.15, -0.1) is 12.6 Å². The minimum atomic E-state index is -0.198. The van der Waals surface area contributed by atoms with Gasteiger partial charge in [0, 0.05) is 12.4 Å². The fourth-order valence-corrected chi connectivity index (χ4v) is 1.90. The highest BCUT2D eigenvalue weighted by atomic mass is 32.1. The second-order valence-electron chi connectivity index (χ2n) is 3.09. The Balaban J connectivity index is 2.15. The summed E-state index contributed by atoms with van der Waals surface area (Å²) in [6.45, 7) is 1.72. The van der Waals surface area contributed by atoms with Crippen molar-refractivity contribution in [3.8, 4) is 0 Å². The third-order valence-corrected chi connectivity index (χ3v) is 2.50. The normalized spacial score (nSPS) is 21.3. The number of thiocarbonyl (C=S) groups is 1. The molecule has 6 heteroatoms. The Hall–Kier alpha value is -0.560. The molecule has 1 aromatic rings. The summed E-state index contributed by atoms with van der Waals surface area (Å²) in [5.74, 6) is 0. The van der Waals surface area contributed by atoms with Gasteiger partial charge in [0.2, 0.25) is 0 Å². The van der Waals surface area contributed by atoms with Crippen molar-refractivity contribution in [2.45, 2.75) is 6.23 Å². The molecule has 0 aromatic carbocycles. The molecule has 1 atom stereocenters. The van der Waals surface area contributed by atoms with Crippen LogP contribution in [0.1, 0.15) is 0 Å². The summed E-state index contributed by atoms with van der Waals surface area (Å²) in [5.41, 5.74) is 0. The lowest BCUT2D eigenvalue weighted by Crippen LogP contribution is -2.51. The molecule has 82 valence electrons. The van der Waals surface area contributed by atoms with Crippen LogP contribution in [-0.2, 0) is 9.47 Å². The molecule has 2 heterocycles. The Morgan fingerprint density at radius 1 is 1.40 bits per heavy atom. The second-order valence-corrected chi connectivity index (χ2v) is 4.20. The van der Waals surface area contributed by atoms with Gasteiger partial charge in [0.15, 0.2) is 10.5 Å². The lowest BCUT2D eigenvalue weighted by atomic mass is 10.5. The van der Waals surface area contributed by atoms with Gasteiger partial charge in [-0.1, -0.05) is 12.2 Å². The molecule has 0 bridgehead atoms. The lowest BCUT2D eigenvalue weighted by Gasteiger charge is -2.34. The molecule has 1 saturated heterocycles. The Morgan fingerprint density at radius 3 is 2.67 bits per heavy atom. The molecule has 1 aliphatic heterocycles. The zero-order valence-corrected chi connectivity index (χ0v) is 9.79. The van der Waals surface area contributed by atoms with Crippen LogP contribution < -0.4 is 5.01 Å². The summed E-state index contributed by atoms with van der Waals surface area (Å²) in [6, 6.07) is 3.84. The fraction of sp³-hybridized carbons (Fsp3) is 0.444. The van der Waals surface area contributed by atoms with Crippen molar-refractivity contribution in [1.29, 1.82) is 0 Å². The first kappa shape index (κ1) is 10.9. The van der Waals surface area contributed by atoms with Crippen molar-refractivity contribution in [2.75, 3.05) is 24.8 Å². The maximum atomic E-state index is 5.57. The largest absolute Gasteiger partial charge is 0.374 e. The van der Waals surface area contributed by atoms with Gasteiger partial charge in [-0.2, -0.15) is 0 Å². The Labute approximate surface area is 99.1 Å². The van der Waals surface area contributed by atoms with Gasteiger partial charge >= 0.3 is 0 Å². The average molecular weight is 244 g/mol. The topological polar surface area (TPSA) is 26.6 Å². The van der Waals surface area contributed by atoms with Crippen molar-refractivity contribution in [1.82, 2.24) is 4.68 Å². The van der Waals surface area contributed by atoms with Gasteiger partial charge in [-0.25, -0.2) is 5.01 Å². The predicted octanol–water partition coefficient (Wildman–Crippen LogP) is 1.01. The summed E-state index contributed by atoms with van der Waals surface area (Å²) in [7, 11) is 0. The summed E-state index contributed by atoms with van der Waals surface area (Å²) in [6.07, 6.45) is 3.58. The van der Waals surface area contributed by atoms with Crippen LogP contribution in [0.3, 0.4) is 0 Å². The minimum absolute atomic E-state index is 0.198. The number of rotatable bonds is 2. The van der Waals surface area contributed by atoms with Gasteiger partial charge in [0.05, 0.1) is 19.8 Å². The second kappa shape index (κ2) is 4.98. The van der Waals surface area contributed by atoms with Crippen molar-refractivity contribution >= 4 is 29.2 Å². The molecule has 0 aliphatic carbocycles. The highest BCUT2D eigenvalue weighted by molar-refractivity contribution is 8.11. The molecule has 1 unspecified atom stereocenters. The molecular formula is C9H12N2O2S2. The number of aromatic nitrogens is 1. The van der Waals surface area contributed by atoms with E-state index in [0.29, 0.717) is 24.1 Å². The molecule has 0 spiro atoms. The number of thiol groups is 1. The zero-order valence-electron chi connectivity index (χ0n) is 8.07. The standard InChI is InChI=1S/C9H12N2O2S2/c14-9(15)11(10-3-1-2-4-10)8-7-12-5-6-13-8/h1-4,8H,5-7H2,(H,14,15). The number of ether oxygens (including phenoxy) is 2. The molecule has 0 N–H and O–H groups in total. The molecule has 1 aromatic heterocycles. The summed E-state index contributed by atoms with van der Waals surface area (Å²) < 4.78 is 13.2. The third-order valence-electron chi connectivity index (χ3n) is 2.10. The van der Waals surface area contributed by atoms with Crippen LogP contribution >= 0.6 is 24.8 Å². The maximum absolute atomic E-state index is 5.57. The quantitative estimate of drug-likeness (QED) is 0.620. The Morgan fingerprint density at radius 2 is 2.13 bits per heavy atom. The summed E-state index contributed by atoms with van der Waals surface area (Å²) >= 11 is 9.27. The minimum Gasteiger partial charge on any atom is -0.374 e. The van der Waals surface area contributed by atoms with Gasteiger partial charge in [-0.05, 0) is 12.1 Å². The van der Waals surface area contributed by atoms with Crippen LogP contribution in [0.4, 0.5) is 0 Å². The van der Waals surface area contributed by atoms with E-state index in [-0.39, 0.29) is 6.23 Å². The first-order valence-corrected chi connectivity index (χ1v) is 5.49. The van der Waals surface area contributed by atoms with Crippen molar-refractivity contribution in [3.63, 3.8) is 0 Å². The predicted molar refractivity (Wildman–Crippen MR) is 64.8 cm³/mol. The van der Waals surface area contributed by atoms with E-state index in [4.69, 9.17) is 21.7 Å². The van der Waals surface area contributed by atoms with Crippen LogP contribution in [0.2, 0.25) is 0 Å². The van der Waals surface area contributed by atoms with E-state index in [9.17, 15) is 0 Å². The van der Waals surface area contributed by atoms with E-state index in [1.807, 2.05) is 29.2 Å². The Bertz CT molecular complexity index is 323. The van der Waals surface area contributed by atoms with Crippen LogP contribution in [0.15, 0.2) is 24.5 Å². The van der Waals surface area contributed by atoms with Crippen LogP contribution in [0.5, 0.6) is 0 Å². The number of hydrogen-bond acceptors (Lipinski definition) is 3. The van der Waals surface area contributed by atoms with E-state index in [1.54, 1.807) is 5.01 Å². The first-order chi connectivity index (χ1) is 7.29. The zero-order chi connectivity index (χ0) is 10.7. The monoisotopic (exact) mass is 244 g/mol. The molecule has 0 radical (unpaired) electrons. The summed E-state index contributed by atoms with van der Waals surface area (Å²) in [5, 5.41) is 1.78. The van der Waals surface area contributed by atoms with E-state index in [1.165, 1.54) is 0 Å². The molecule has 1 aliphatic rings. The van der Waals surface area contributed by atoms with E-state index < -0.39 is 0 Å². The van der Waals surface area contributed by atoms with Gasteiger partial charge in [0.1, 0.15) is 0 Å². The van der Waals surface area contributed by atoms with Crippen LogP contribution in [0.25, 0.3) is 0 Å². The van der Waals surface area contributed by atoms with Gasteiger partial charge < -0.3 is 9.47 Å². The molecule has 15 heavy (non-hydrogen) atoms. The van der Waals surface area contributed by atoms with E-state index >= 15 is 0 Å². The maximum Gasteiger partial charge on any atom is 0.173 e. The molecule has 0 saturated carbocycles. The first-order valence-electron chi connectivity index (χ1n) is 4.64. The van der Waals surface area contributed by atoms with E-state index in [2.05, 4.69) is 12.6 Å². The van der Waals surface area contributed by atoms with Gasteiger partial charge in [0.25, 0.3) is 0 Å². The fourth-order valence-electron chi connectivity index (χ4n) is 1.46. The molecule has 0 amide bonds. The average Bonchev–Trinajstić information content (AvgIpc) is 2.72. The number of nitrogens with zero attached hydrogens (tertiary/aromatic N) is 2. The smallest absolute Gasteiger partial charge is 0.173 e. The van der Waals surface area contributed by atoms with E-state index in [0.717, 1.165) is 0 Å². The van der Waals surface area contributed by atoms with Crippen molar-refractivity contribution in [2.24, 2.45) is 0 Å². The number of hydrogen-bond donors (Lipinski definition) is 1. The molecule has 2 rings (SSSR count). The van der Waals surface area contributed by atoms with Crippen LogP contribution in [-0.4, -0.2) is 35.0 Å². The highest BCUT2D eigenvalue weighted by Crippen LogP contribution is 2.10. The third kappa shape index (κ3) is 2.52.